The summed E-state index contributed by atoms with van der Waals surface area (Å²) in [7, 11) is -3.56. The third-order valence-corrected chi connectivity index (χ3v) is 7.96. The molecule has 0 radical (unpaired) electrons. The molecule has 2 aliphatic rings. The number of nitrogen functional groups attached to an aromatic ring is 2. The van der Waals surface area contributed by atoms with Crippen LogP contribution in [0, 0.1) is 0 Å². The minimum atomic E-state index is -4.55. The van der Waals surface area contributed by atoms with Gasteiger partial charge in [-0.2, -0.15) is 9.97 Å². The van der Waals surface area contributed by atoms with Crippen LogP contribution in [0.5, 0.6) is 0 Å². The number of hydrogen-bond donors (Lipinski definition) is 7. The van der Waals surface area contributed by atoms with Gasteiger partial charge in [0.15, 0.2) is 23.6 Å². The number of aromatic amines is 1. The van der Waals surface area contributed by atoms with E-state index in [9.17, 15) is 34.6 Å². The Morgan fingerprint density at radius 2 is 1.78 bits per heavy atom. The number of H-pyrrole nitrogens is 1. The van der Waals surface area contributed by atoms with E-state index in [4.69, 9.17) is 34.5 Å². The third kappa shape index (κ3) is 5.37. The van der Waals surface area contributed by atoms with Crippen LogP contribution >= 0.6 is 7.82 Å². The Bertz CT molecular complexity index is 1580. The van der Waals surface area contributed by atoms with Crippen LogP contribution in [0.1, 0.15) is 12.5 Å². The van der Waals surface area contributed by atoms with Gasteiger partial charge in [-0.1, -0.05) is 0 Å². The number of hydrogen-bond acceptors (Lipinski definition) is 17. The van der Waals surface area contributed by atoms with Crippen molar-refractivity contribution >= 4 is 30.8 Å². The van der Waals surface area contributed by atoms with E-state index in [-0.39, 0.29) is 22.9 Å². The highest BCUT2D eigenvalue weighted by Gasteiger charge is 2.50. The molecule has 0 bridgehead atoms. The number of phosphoric ester groups is 1. The minimum Gasteiger partial charge on any atom is -0.394 e. The number of aliphatic hydroxyl groups excluding tert-OH is 4. The fraction of sp³-hybridized carbons (Fsp3) is 0.550. The van der Waals surface area contributed by atoms with Gasteiger partial charge in [-0.15, -0.1) is 0 Å². The van der Waals surface area contributed by atoms with E-state index in [0.717, 1.165) is 18.0 Å². The van der Waals surface area contributed by atoms with Crippen molar-refractivity contribution in [3.8, 4) is 0 Å². The lowest BCUT2D eigenvalue weighted by Gasteiger charge is -2.25. The van der Waals surface area contributed by atoms with Crippen molar-refractivity contribution in [1.82, 2.24) is 29.1 Å². The van der Waals surface area contributed by atoms with Crippen molar-refractivity contribution in [2.45, 2.75) is 49.1 Å². The molecule has 3 aromatic heterocycles. The zero-order valence-corrected chi connectivity index (χ0v) is 22.1. The Labute approximate surface area is 228 Å². The first-order valence-electron chi connectivity index (χ1n) is 12.0. The van der Waals surface area contributed by atoms with Crippen molar-refractivity contribution in [1.29, 1.82) is 0 Å². The number of nitrogens with two attached hydrogens (primary N) is 2. The topological polar surface area (TPSA) is 295 Å². The molecule has 3 aromatic rings. The van der Waals surface area contributed by atoms with Crippen LogP contribution in [0.2, 0.25) is 0 Å². The van der Waals surface area contributed by atoms with Crippen LogP contribution in [-0.2, 0) is 27.6 Å². The van der Waals surface area contributed by atoms with Crippen molar-refractivity contribution in [3.05, 3.63) is 39.4 Å². The summed E-state index contributed by atoms with van der Waals surface area (Å²) in [5, 5.41) is 41.8. The second-order valence-corrected chi connectivity index (χ2v) is 10.8. The van der Waals surface area contributed by atoms with E-state index in [1.54, 1.807) is 0 Å². The zero-order valence-electron chi connectivity index (χ0n) is 21.2. The SMILES string of the molecule is COP(=O)(OC[C@H]1O[C@@H](n2cnc3c(=O)[nH]c(N)nc32)[C@H](O)[C@@H]1O)O[C@H]1[C@@H](O)[C@H](n2ccc(N)nc2=O)O[C@@H]1CO. The number of fused-ring (bicyclic) bond motifs is 1. The molecule has 0 saturated carbocycles. The van der Waals surface area contributed by atoms with Crippen LogP contribution in [0.4, 0.5) is 11.8 Å². The Morgan fingerprint density at radius 3 is 2.46 bits per heavy atom. The predicted molar refractivity (Wildman–Crippen MR) is 134 cm³/mol. The average molecular weight is 602 g/mol. The van der Waals surface area contributed by atoms with Gasteiger partial charge in [0.05, 0.1) is 19.5 Å². The van der Waals surface area contributed by atoms with Crippen molar-refractivity contribution in [2.24, 2.45) is 0 Å². The van der Waals surface area contributed by atoms with Crippen LogP contribution in [0.3, 0.4) is 0 Å². The van der Waals surface area contributed by atoms with Gasteiger partial charge in [0.1, 0.15) is 42.4 Å². The molecule has 9 N–H and O–H groups in total. The van der Waals surface area contributed by atoms with Gasteiger partial charge in [0.2, 0.25) is 5.95 Å². The summed E-state index contributed by atoms with van der Waals surface area (Å²) in [5.41, 5.74) is 9.49. The summed E-state index contributed by atoms with van der Waals surface area (Å²) in [6.45, 7) is -1.36. The fourth-order valence-electron chi connectivity index (χ4n) is 4.51. The minimum absolute atomic E-state index is 0.0230. The fourth-order valence-corrected chi connectivity index (χ4v) is 5.65. The van der Waals surface area contributed by atoms with Crippen molar-refractivity contribution < 1.29 is 48.0 Å². The molecular weight excluding hydrogens is 575 g/mol. The van der Waals surface area contributed by atoms with Crippen molar-refractivity contribution in [2.75, 3.05) is 31.8 Å². The molecule has 2 fully saturated rings. The van der Waals surface area contributed by atoms with E-state index < -0.39 is 81.4 Å². The van der Waals surface area contributed by atoms with Crippen LogP contribution < -0.4 is 22.7 Å². The number of ether oxygens (including phenoxy) is 2. The first-order valence-corrected chi connectivity index (χ1v) is 13.4. The standard InChI is InChI=1S/C20H27N8O12P/c1-36-41(35,40-14-7(4-29)38-18(13(14)32)27-3-2-9(21)24-20(27)34)37-5-8-11(30)12(31)17(39-8)28-6-23-10-15(28)25-19(22)26-16(10)33/h2-3,6-8,11-14,17-18,29-32H,4-5H2,1H3,(H2,21,24,34)(H3,22,25,26,33)/t7-,8-,11-,12-,13-,14-,17-,18-,41?/m1/s1. The van der Waals surface area contributed by atoms with Crippen LogP contribution in [0.15, 0.2) is 28.2 Å². The first kappa shape index (κ1) is 29.2. The van der Waals surface area contributed by atoms with Gasteiger partial charge < -0.3 is 41.4 Å². The molecule has 21 heteroatoms. The number of phosphoric acid groups is 1. The monoisotopic (exact) mass is 602 g/mol. The lowest BCUT2D eigenvalue weighted by molar-refractivity contribution is -0.0604. The number of rotatable bonds is 9. The maximum atomic E-state index is 13.3. The third-order valence-electron chi connectivity index (χ3n) is 6.55. The summed E-state index contributed by atoms with van der Waals surface area (Å²) < 4.78 is 42.3. The number of nitrogens with zero attached hydrogens (tertiary/aromatic N) is 5. The molecule has 0 spiro atoms. The quantitative estimate of drug-likeness (QED) is 0.117. The number of anilines is 2. The molecular formula is C20H27N8O12P. The van der Waals surface area contributed by atoms with Gasteiger partial charge in [-0.3, -0.25) is 32.5 Å². The highest BCUT2D eigenvalue weighted by molar-refractivity contribution is 7.48. The molecule has 2 aliphatic heterocycles. The van der Waals surface area contributed by atoms with Crippen LogP contribution in [-0.4, -0.2) is 106 Å². The van der Waals surface area contributed by atoms with Gasteiger partial charge in [0, 0.05) is 13.3 Å². The molecule has 9 atom stereocenters. The number of imidazole rings is 1. The maximum absolute atomic E-state index is 13.3. The number of nitrogens with one attached hydrogen (secondary N) is 1. The number of aliphatic hydroxyl groups is 4. The molecule has 0 aromatic carbocycles. The maximum Gasteiger partial charge on any atom is 0.475 e. The average Bonchev–Trinajstić information content (AvgIpc) is 3.57. The van der Waals surface area contributed by atoms with E-state index in [1.807, 2.05) is 0 Å². The molecule has 20 nitrogen and oxygen atoms in total. The summed E-state index contributed by atoms with van der Waals surface area (Å²) in [5.74, 6) is -0.282. The molecule has 1 unspecified atom stereocenters. The summed E-state index contributed by atoms with van der Waals surface area (Å²) in [6.07, 6.45) is -9.20. The number of aromatic nitrogens is 6. The Hall–Kier alpha value is -3.30. The second kappa shape index (κ2) is 11.2. The normalized spacial score (nSPS) is 31.5. The smallest absolute Gasteiger partial charge is 0.394 e. The van der Waals surface area contributed by atoms with Gasteiger partial charge in [-0.05, 0) is 6.07 Å². The molecule has 2 saturated heterocycles. The van der Waals surface area contributed by atoms with Gasteiger partial charge >= 0.3 is 13.5 Å². The summed E-state index contributed by atoms with van der Waals surface area (Å²) in [4.78, 5) is 38.0. The molecule has 5 heterocycles. The predicted octanol–water partition coefficient (Wildman–Crippen LogP) is -3.43. The second-order valence-electron chi connectivity index (χ2n) is 9.10. The van der Waals surface area contributed by atoms with Crippen LogP contribution in [0.25, 0.3) is 11.2 Å². The van der Waals surface area contributed by atoms with Gasteiger partial charge in [-0.25, -0.2) is 14.3 Å². The van der Waals surface area contributed by atoms with E-state index in [1.165, 1.54) is 16.8 Å². The van der Waals surface area contributed by atoms with E-state index >= 15 is 0 Å². The molecule has 41 heavy (non-hydrogen) atoms. The van der Waals surface area contributed by atoms with E-state index in [0.29, 0.717) is 0 Å². The zero-order chi connectivity index (χ0) is 29.6. The Balaban J connectivity index is 1.29. The van der Waals surface area contributed by atoms with E-state index in [2.05, 4.69) is 19.9 Å². The van der Waals surface area contributed by atoms with Gasteiger partial charge in [0.25, 0.3) is 5.56 Å². The highest BCUT2D eigenvalue weighted by Crippen LogP contribution is 2.53. The Kier molecular flexibility index (Phi) is 7.96. The lowest BCUT2D eigenvalue weighted by atomic mass is 10.1. The highest BCUT2D eigenvalue weighted by atomic mass is 31.2. The molecule has 5 rings (SSSR count). The summed E-state index contributed by atoms with van der Waals surface area (Å²) >= 11 is 0. The first-order chi connectivity index (χ1) is 19.5. The summed E-state index contributed by atoms with van der Waals surface area (Å²) in [6, 6.07) is 1.28. The molecule has 0 amide bonds. The lowest BCUT2D eigenvalue weighted by Crippen LogP contribution is -2.38. The molecule has 224 valence electrons. The molecule has 0 aliphatic carbocycles. The largest absolute Gasteiger partial charge is 0.475 e. The Morgan fingerprint density at radius 1 is 1.07 bits per heavy atom. The van der Waals surface area contributed by atoms with Crippen molar-refractivity contribution in [3.63, 3.8) is 0 Å².